The number of nitriles is 1. The van der Waals surface area contributed by atoms with E-state index >= 15 is 0 Å². The summed E-state index contributed by atoms with van der Waals surface area (Å²) in [5, 5.41) is 12.1. The van der Waals surface area contributed by atoms with E-state index < -0.39 is 11.4 Å². The number of nitrogens with zero attached hydrogens (tertiary/aromatic N) is 5. The van der Waals surface area contributed by atoms with Gasteiger partial charge in [0.1, 0.15) is 17.5 Å². The number of hydrogen-bond donors (Lipinski definition) is 1. The molecule has 0 atom stereocenters. The quantitative estimate of drug-likeness (QED) is 0.567. The summed E-state index contributed by atoms with van der Waals surface area (Å²) in [4.78, 5) is 33.3. The second-order valence-corrected chi connectivity index (χ2v) is 8.28. The molecule has 9 heteroatoms. The molecule has 0 saturated heterocycles. The third kappa shape index (κ3) is 5.16. The molecule has 0 amide bonds. The molecule has 0 bridgehead atoms. The molecule has 3 aromatic rings. The number of hydrogen-bond acceptors (Lipinski definition) is 7. The van der Waals surface area contributed by atoms with Crippen LogP contribution in [0.4, 0.5) is 11.6 Å². The molecule has 9 nitrogen and oxygen atoms in total. The van der Waals surface area contributed by atoms with Gasteiger partial charge in [0.2, 0.25) is 11.8 Å². The lowest BCUT2D eigenvalue weighted by Crippen LogP contribution is -2.42. The first-order valence-electron chi connectivity index (χ1n) is 11.0. The molecule has 2 heterocycles. The first-order valence-corrected chi connectivity index (χ1v) is 11.0. The summed E-state index contributed by atoms with van der Waals surface area (Å²) in [7, 11) is 1.43. The maximum atomic E-state index is 12.9. The van der Waals surface area contributed by atoms with Crippen LogP contribution in [0.3, 0.4) is 0 Å². The minimum atomic E-state index is -0.622. The van der Waals surface area contributed by atoms with Crippen molar-refractivity contribution in [2.45, 2.75) is 32.2 Å². The highest BCUT2D eigenvalue weighted by Crippen LogP contribution is 2.30. The Kier molecular flexibility index (Phi) is 6.74. The lowest BCUT2D eigenvalue weighted by atomic mass is 9.82. The molecule has 1 aromatic carbocycles. The van der Waals surface area contributed by atoms with Crippen LogP contribution in [-0.2, 0) is 13.6 Å². The largest absolute Gasteiger partial charge is 0.439 e. The number of pyridine rings is 1. The van der Waals surface area contributed by atoms with Crippen molar-refractivity contribution in [3.05, 3.63) is 69.1 Å². The number of terminal acetylenes is 1. The molecule has 0 aliphatic heterocycles. The lowest BCUT2D eigenvalue weighted by molar-refractivity contribution is 0.281. The highest BCUT2D eigenvalue weighted by atomic mass is 16.5. The summed E-state index contributed by atoms with van der Waals surface area (Å²) in [6, 6.07) is 13.8. The van der Waals surface area contributed by atoms with Crippen molar-refractivity contribution in [1.82, 2.24) is 19.1 Å². The van der Waals surface area contributed by atoms with Gasteiger partial charge in [-0.2, -0.15) is 10.2 Å². The van der Waals surface area contributed by atoms with E-state index in [9.17, 15) is 9.59 Å². The van der Waals surface area contributed by atoms with Crippen molar-refractivity contribution in [1.29, 1.82) is 5.26 Å². The number of ether oxygens (including phenoxy) is 1. The molecule has 2 aromatic heterocycles. The minimum Gasteiger partial charge on any atom is -0.439 e. The average molecular weight is 457 g/mol. The Bertz CT molecular complexity index is 1370. The Hall–Kier alpha value is -4.37. The Morgan fingerprint density at radius 3 is 2.53 bits per heavy atom. The average Bonchev–Trinajstić information content (AvgIpc) is 2.86. The second-order valence-electron chi connectivity index (χ2n) is 8.28. The molecule has 0 radical (unpaired) electrons. The molecule has 0 unspecified atom stereocenters. The monoisotopic (exact) mass is 456 g/mol. The van der Waals surface area contributed by atoms with E-state index in [4.69, 9.17) is 16.4 Å². The SMILES string of the molecule is C#CC1CCC(Cn2c(Nc3ccc(Oc4cccc(C#N)n4)cc3)nc(=O)n(C)c2=O)CC1. The minimum absolute atomic E-state index is 0.198. The molecular weight excluding hydrogens is 432 g/mol. The molecular formula is C25H24N6O3. The van der Waals surface area contributed by atoms with Gasteiger partial charge in [-0.15, -0.1) is 12.3 Å². The van der Waals surface area contributed by atoms with E-state index in [-0.39, 0.29) is 17.6 Å². The van der Waals surface area contributed by atoms with E-state index in [1.54, 1.807) is 42.5 Å². The van der Waals surface area contributed by atoms with Crippen LogP contribution in [0, 0.1) is 35.5 Å². The number of nitrogens with one attached hydrogen (secondary N) is 1. The van der Waals surface area contributed by atoms with Crippen LogP contribution in [-0.4, -0.2) is 19.1 Å². The van der Waals surface area contributed by atoms with Crippen molar-refractivity contribution in [3.8, 4) is 30.0 Å². The van der Waals surface area contributed by atoms with Crippen LogP contribution < -0.4 is 21.4 Å². The summed E-state index contributed by atoms with van der Waals surface area (Å²) in [5.41, 5.74) is -0.137. The van der Waals surface area contributed by atoms with Gasteiger partial charge < -0.3 is 10.1 Å². The number of anilines is 2. The van der Waals surface area contributed by atoms with Crippen molar-refractivity contribution < 1.29 is 4.74 Å². The van der Waals surface area contributed by atoms with Gasteiger partial charge in [0.25, 0.3) is 0 Å². The zero-order chi connectivity index (χ0) is 24.1. The van der Waals surface area contributed by atoms with E-state index in [0.29, 0.717) is 29.8 Å². The van der Waals surface area contributed by atoms with Crippen LogP contribution in [0.5, 0.6) is 11.6 Å². The van der Waals surface area contributed by atoms with Crippen LogP contribution in [0.25, 0.3) is 0 Å². The van der Waals surface area contributed by atoms with Crippen LogP contribution in [0.1, 0.15) is 31.4 Å². The summed E-state index contributed by atoms with van der Waals surface area (Å²) in [6.45, 7) is 0.460. The zero-order valence-electron chi connectivity index (χ0n) is 18.8. The fourth-order valence-electron chi connectivity index (χ4n) is 4.00. The molecule has 4 rings (SSSR count). The Morgan fingerprint density at radius 2 is 1.85 bits per heavy atom. The molecule has 172 valence electrons. The molecule has 1 N–H and O–H groups in total. The van der Waals surface area contributed by atoms with Gasteiger partial charge in [-0.05, 0) is 61.9 Å². The van der Waals surface area contributed by atoms with Crippen LogP contribution in [0.2, 0.25) is 0 Å². The normalized spacial score (nSPS) is 17.4. The fraction of sp³-hybridized carbons (Fsp3) is 0.320. The molecule has 1 aliphatic rings. The van der Waals surface area contributed by atoms with Gasteiger partial charge in [0.15, 0.2) is 0 Å². The van der Waals surface area contributed by atoms with E-state index in [0.717, 1.165) is 30.3 Å². The Balaban J connectivity index is 1.53. The third-order valence-electron chi connectivity index (χ3n) is 5.96. The number of benzene rings is 1. The molecule has 1 saturated carbocycles. The number of rotatable bonds is 6. The van der Waals surface area contributed by atoms with E-state index in [1.165, 1.54) is 11.6 Å². The van der Waals surface area contributed by atoms with E-state index in [1.807, 2.05) is 6.07 Å². The second kappa shape index (κ2) is 10.1. The summed E-state index contributed by atoms with van der Waals surface area (Å²) in [6.07, 6.45) is 9.28. The van der Waals surface area contributed by atoms with Gasteiger partial charge in [-0.1, -0.05) is 6.07 Å². The fourth-order valence-corrected chi connectivity index (χ4v) is 4.00. The number of aromatic nitrogens is 4. The highest BCUT2D eigenvalue weighted by Gasteiger charge is 2.22. The van der Waals surface area contributed by atoms with Crippen LogP contribution in [0.15, 0.2) is 52.1 Å². The topological polar surface area (TPSA) is 115 Å². The van der Waals surface area contributed by atoms with Gasteiger partial charge in [-0.3, -0.25) is 4.57 Å². The summed E-state index contributed by atoms with van der Waals surface area (Å²) in [5.74, 6) is 4.43. The van der Waals surface area contributed by atoms with Crippen LogP contribution >= 0.6 is 0 Å². The zero-order valence-corrected chi connectivity index (χ0v) is 18.8. The first-order chi connectivity index (χ1) is 16.5. The molecule has 34 heavy (non-hydrogen) atoms. The van der Waals surface area contributed by atoms with Crippen molar-refractivity contribution in [2.24, 2.45) is 18.9 Å². The lowest BCUT2D eigenvalue weighted by Gasteiger charge is -2.26. The predicted octanol–water partition coefficient (Wildman–Crippen LogP) is 3.18. The van der Waals surface area contributed by atoms with Gasteiger partial charge in [0, 0.05) is 31.3 Å². The van der Waals surface area contributed by atoms with E-state index in [2.05, 4.69) is 21.2 Å². The predicted molar refractivity (Wildman–Crippen MR) is 127 cm³/mol. The maximum Gasteiger partial charge on any atom is 0.354 e. The first kappa shape index (κ1) is 22.8. The van der Waals surface area contributed by atoms with Gasteiger partial charge in [-0.25, -0.2) is 19.1 Å². The van der Waals surface area contributed by atoms with Crippen molar-refractivity contribution in [3.63, 3.8) is 0 Å². The summed E-state index contributed by atoms with van der Waals surface area (Å²) < 4.78 is 8.22. The van der Waals surface area contributed by atoms with Gasteiger partial charge >= 0.3 is 11.4 Å². The van der Waals surface area contributed by atoms with Gasteiger partial charge in [0.05, 0.1) is 0 Å². The highest BCUT2D eigenvalue weighted by molar-refractivity contribution is 5.54. The van der Waals surface area contributed by atoms with Crippen molar-refractivity contribution >= 4 is 11.6 Å². The smallest absolute Gasteiger partial charge is 0.354 e. The third-order valence-corrected chi connectivity index (χ3v) is 5.96. The standard InChI is InChI=1S/C25H24N6O3/c1-3-17-7-9-18(10-8-17)16-31-23(29-24(32)30(2)25(31)33)28-19-11-13-21(14-12-19)34-22-6-4-5-20(15-26)27-22/h1,4-6,11-14,17-18H,7-10,16H2,2H3,(H,28,29,32). The van der Waals surface area contributed by atoms with Crippen molar-refractivity contribution in [2.75, 3.05) is 5.32 Å². The Morgan fingerprint density at radius 1 is 1.12 bits per heavy atom. The molecule has 1 fully saturated rings. The maximum absolute atomic E-state index is 12.9. The molecule has 1 aliphatic carbocycles. The summed E-state index contributed by atoms with van der Waals surface area (Å²) >= 11 is 0. The Labute approximate surface area is 196 Å². The molecule has 0 spiro atoms.